The molecule has 1 atom stereocenters. The van der Waals surface area contributed by atoms with Gasteiger partial charge in [0.05, 0.1) is 7.11 Å². The summed E-state index contributed by atoms with van der Waals surface area (Å²) in [7, 11) is 1.71. The van der Waals surface area contributed by atoms with E-state index in [1.54, 1.807) is 7.11 Å². The molecule has 0 saturated carbocycles. The largest absolute Gasteiger partial charge is 0.496 e. The van der Waals surface area contributed by atoms with Gasteiger partial charge in [0.1, 0.15) is 5.75 Å². The summed E-state index contributed by atoms with van der Waals surface area (Å²) in [5.74, 6) is 0.965. The highest BCUT2D eigenvalue weighted by molar-refractivity contribution is 5.37. The molecule has 0 fully saturated rings. The average molecular weight is 193 g/mol. The number of aryl methyl sites for hydroxylation is 1. The van der Waals surface area contributed by atoms with Crippen LogP contribution < -0.4 is 10.1 Å². The topological polar surface area (TPSA) is 21.3 Å². The molecule has 2 heteroatoms. The molecule has 0 aliphatic rings. The second-order valence-electron chi connectivity index (χ2n) is 3.51. The lowest BCUT2D eigenvalue weighted by Gasteiger charge is -2.14. The van der Waals surface area contributed by atoms with Gasteiger partial charge in [-0.2, -0.15) is 0 Å². The predicted octanol–water partition coefficient (Wildman–Crippen LogP) is 2.67. The third-order valence-electron chi connectivity index (χ3n) is 2.44. The van der Waals surface area contributed by atoms with Crippen LogP contribution in [-0.2, 0) is 0 Å². The van der Waals surface area contributed by atoms with E-state index in [0.717, 1.165) is 12.3 Å². The Morgan fingerprint density at radius 3 is 2.71 bits per heavy atom. The van der Waals surface area contributed by atoms with E-state index >= 15 is 0 Å². The molecule has 1 rings (SSSR count). The minimum Gasteiger partial charge on any atom is -0.496 e. The van der Waals surface area contributed by atoms with Gasteiger partial charge >= 0.3 is 0 Å². The molecule has 14 heavy (non-hydrogen) atoms. The van der Waals surface area contributed by atoms with E-state index < -0.39 is 0 Å². The molecule has 0 saturated heterocycles. The summed E-state index contributed by atoms with van der Waals surface area (Å²) in [5, 5.41) is 3.38. The first-order valence-corrected chi connectivity index (χ1v) is 5.07. The van der Waals surface area contributed by atoms with Crippen molar-refractivity contribution in [1.29, 1.82) is 0 Å². The third kappa shape index (κ3) is 2.48. The SMILES string of the molecule is CCNC(C)c1ccc(C)c(OC)c1. The van der Waals surface area contributed by atoms with Gasteiger partial charge in [-0.25, -0.2) is 0 Å². The smallest absolute Gasteiger partial charge is 0.122 e. The minimum absolute atomic E-state index is 0.384. The molecule has 1 N–H and O–H groups in total. The number of hydrogen-bond acceptors (Lipinski definition) is 2. The molecule has 2 nitrogen and oxygen atoms in total. The van der Waals surface area contributed by atoms with Crippen molar-refractivity contribution in [1.82, 2.24) is 5.32 Å². The second-order valence-corrected chi connectivity index (χ2v) is 3.51. The summed E-state index contributed by atoms with van der Waals surface area (Å²) in [5.41, 5.74) is 2.45. The van der Waals surface area contributed by atoms with Crippen molar-refractivity contribution in [3.63, 3.8) is 0 Å². The first-order valence-electron chi connectivity index (χ1n) is 5.07. The molecular weight excluding hydrogens is 174 g/mol. The van der Waals surface area contributed by atoms with Crippen LogP contribution in [0.3, 0.4) is 0 Å². The van der Waals surface area contributed by atoms with E-state index in [2.05, 4.69) is 44.3 Å². The minimum atomic E-state index is 0.384. The van der Waals surface area contributed by atoms with Gasteiger partial charge in [-0.05, 0) is 37.6 Å². The van der Waals surface area contributed by atoms with Gasteiger partial charge in [0.15, 0.2) is 0 Å². The van der Waals surface area contributed by atoms with Crippen LogP contribution in [0.1, 0.15) is 31.0 Å². The zero-order chi connectivity index (χ0) is 10.6. The number of benzene rings is 1. The molecule has 0 radical (unpaired) electrons. The van der Waals surface area contributed by atoms with Crippen LogP contribution in [0, 0.1) is 6.92 Å². The Labute approximate surface area is 86.3 Å². The van der Waals surface area contributed by atoms with E-state index in [1.807, 2.05) is 0 Å². The molecule has 0 spiro atoms. The normalized spacial score (nSPS) is 12.6. The molecule has 1 aromatic rings. The maximum atomic E-state index is 5.29. The van der Waals surface area contributed by atoms with Gasteiger partial charge in [-0.15, -0.1) is 0 Å². The summed E-state index contributed by atoms with van der Waals surface area (Å²) in [6.07, 6.45) is 0. The molecular formula is C12H19NO. The van der Waals surface area contributed by atoms with Crippen molar-refractivity contribution >= 4 is 0 Å². The first kappa shape index (κ1) is 11.1. The Balaban J connectivity index is 2.88. The van der Waals surface area contributed by atoms with Crippen LogP contribution in [0.2, 0.25) is 0 Å². The van der Waals surface area contributed by atoms with Gasteiger partial charge in [-0.1, -0.05) is 19.1 Å². The van der Waals surface area contributed by atoms with Crippen molar-refractivity contribution in [2.45, 2.75) is 26.8 Å². The Morgan fingerprint density at radius 2 is 2.14 bits per heavy atom. The van der Waals surface area contributed by atoms with Crippen molar-refractivity contribution in [2.75, 3.05) is 13.7 Å². The number of methoxy groups -OCH3 is 1. The van der Waals surface area contributed by atoms with Gasteiger partial charge in [0, 0.05) is 6.04 Å². The standard InChI is InChI=1S/C12H19NO/c1-5-13-10(3)11-7-6-9(2)12(8-11)14-4/h6-8,10,13H,5H2,1-4H3. The van der Waals surface area contributed by atoms with E-state index in [9.17, 15) is 0 Å². The van der Waals surface area contributed by atoms with Gasteiger partial charge < -0.3 is 10.1 Å². The van der Waals surface area contributed by atoms with Crippen LogP contribution in [0.25, 0.3) is 0 Å². The van der Waals surface area contributed by atoms with Gasteiger partial charge in [0.25, 0.3) is 0 Å². The monoisotopic (exact) mass is 193 g/mol. The van der Waals surface area contributed by atoms with Crippen molar-refractivity contribution in [3.05, 3.63) is 29.3 Å². The van der Waals surface area contributed by atoms with Crippen molar-refractivity contribution < 1.29 is 4.74 Å². The molecule has 0 aromatic heterocycles. The molecule has 1 unspecified atom stereocenters. The third-order valence-corrected chi connectivity index (χ3v) is 2.44. The molecule has 0 aliphatic carbocycles. The van der Waals surface area contributed by atoms with E-state index in [1.165, 1.54) is 11.1 Å². The summed E-state index contributed by atoms with van der Waals surface area (Å²) < 4.78 is 5.29. The molecule has 78 valence electrons. The zero-order valence-electron chi connectivity index (χ0n) is 9.42. The fraction of sp³-hybridized carbons (Fsp3) is 0.500. The quantitative estimate of drug-likeness (QED) is 0.793. The summed E-state index contributed by atoms with van der Waals surface area (Å²) >= 11 is 0. The highest BCUT2D eigenvalue weighted by Gasteiger charge is 2.06. The molecule has 0 bridgehead atoms. The fourth-order valence-corrected chi connectivity index (χ4v) is 1.53. The highest BCUT2D eigenvalue weighted by Crippen LogP contribution is 2.22. The Hall–Kier alpha value is -1.02. The van der Waals surface area contributed by atoms with Gasteiger partial charge in [-0.3, -0.25) is 0 Å². The maximum Gasteiger partial charge on any atom is 0.122 e. The van der Waals surface area contributed by atoms with Crippen LogP contribution in [0.4, 0.5) is 0 Å². The summed E-state index contributed by atoms with van der Waals surface area (Å²) in [4.78, 5) is 0. The molecule has 0 amide bonds. The lowest BCUT2D eigenvalue weighted by atomic mass is 10.1. The zero-order valence-corrected chi connectivity index (χ0v) is 9.42. The second kappa shape index (κ2) is 5.01. The van der Waals surface area contributed by atoms with Crippen LogP contribution in [0.5, 0.6) is 5.75 Å². The molecule has 0 aliphatic heterocycles. The number of rotatable bonds is 4. The van der Waals surface area contributed by atoms with Gasteiger partial charge in [0.2, 0.25) is 0 Å². The Morgan fingerprint density at radius 1 is 1.43 bits per heavy atom. The highest BCUT2D eigenvalue weighted by atomic mass is 16.5. The van der Waals surface area contributed by atoms with Crippen molar-refractivity contribution in [2.24, 2.45) is 0 Å². The first-order chi connectivity index (χ1) is 6.69. The molecule has 0 heterocycles. The van der Waals surface area contributed by atoms with Crippen LogP contribution in [0.15, 0.2) is 18.2 Å². The predicted molar refractivity (Wildman–Crippen MR) is 59.8 cm³/mol. The lowest BCUT2D eigenvalue weighted by Crippen LogP contribution is -2.17. The van der Waals surface area contributed by atoms with Crippen LogP contribution in [-0.4, -0.2) is 13.7 Å². The van der Waals surface area contributed by atoms with E-state index in [4.69, 9.17) is 4.74 Å². The fourth-order valence-electron chi connectivity index (χ4n) is 1.53. The van der Waals surface area contributed by atoms with E-state index in [-0.39, 0.29) is 0 Å². The number of ether oxygens (including phenoxy) is 1. The maximum absolute atomic E-state index is 5.29. The Bertz CT molecular complexity index is 296. The average Bonchev–Trinajstić information content (AvgIpc) is 2.19. The summed E-state index contributed by atoms with van der Waals surface area (Å²) in [6.45, 7) is 7.31. The molecule has 1 aromatic carbocycles. The van der Waals surface area contributed by atoms with E-state index in [0.29, 0.717) is 6.04 Å². The lowest BCUT2D eigenvalue weighted by molar-refractivity contribution is 0.410. The summed E-state index contributed by atoms with van der Waals surface area (Å²) in [6, 6.07) is 6.73. The Kier molecular flexibility index (Phi) is 3.96. The number of nitrogens with one attached hydrogen (secondary N) is 1. The van der Waals surface area contributed by atoms with Crippen LogP contribution >= 0.6 is 0 Å². The van der Waals surface area contributed by atoms with Crippen molar-refractivity contribution in [3.8, 4) is 5.75 Å². The number of hydrogen-bond donors (Lipinski definition) is 1.